The van der Waals surface area contributed by atoms with E-state index >= 15 is 0 Å². The van der Waals surface area contributed by atoms with Crippen LogP contribution in [0, 0.1) is 0 Å². The van der Waals surface area contributed by atoms with E-state index in [9.17, 15) is 0 Å². The van der Waals surface area contributed by atoms with E-state index in [0.717, 1.165) is 13.0 Å². The zero-order valence-corrected chi connectivity index (χ0v) is 9.46. The van der Waals surface area contributed by atoms with Crippen molar-refractivity contribution in [1.82, 2.24) is 0 Å². The van der Waals surface area contributed by atoms with Crippen molar-refractivity contribution < 1.29 is 4.74 Å². The standard InChI is InChI=1S/C11H15BrO/c1-2-11(12)9-13-8-10-6-4-3-5-7-10/h3-7,11H,2,8-9H2,1H3. The van der Waals surface area contributed by atoms with Crippen molar-refractivity contribution in [2.24, 2.45) is 0 Å². The second-order valence-corrected chi connectivity index (χ2v) is 4.30. The average Bonchev–Trinajstić information content (AvgIpc) is 2.19. The minimum Gasteiger partial charge on any atom is -0.376 e. The topological polar surface area (TPSA) is 9.23 Å². The van der Waals surface area contributed by atoms with Gasteiger partial charge in [-0.2, -0.15) is 0 Å². The lowest BCUT2D eigenvalue weighted by atomic mass is 10.2. The molecule has 0 aliphatic rings. The van der Waals surface area contributed by atoms with Crippen LogP contribution in [0.2, 0.25) is 0 Å². The summed E-state index contributed by atoms with van der Waals surface area (Å²) in [6.45, 7) is 3.64. The van der Waals surface area contributed by atoms with E-state index in [1.807, 2.05) is 18.2 Å². The first-order chi connectivity index (χ1) is 6.33. The Kier molecular flexibility index (Phi) is 5.09. The average molecular weight is 243 g/mol. The molecular weight excluding hydrogens is 228 g/mol. The van der Waals surface area contributed by atoms with Crippen LogP contribution in [0.25, 0.3) is 0 Å². The van der Waals surface area contributed by atoms with Crippen LogP contribution in [0.4, 0.5) is 0 Å². The van der Waals surface area contributed by atoms with Crippen molar-refractivity contribution in [2.75, 3.05) is 6.61 Å². The van der Waals surface area contributed by atoms with Crippen molar-refractivity contribution in [3.8, 4) is 0 Å². The molecule has 0 spiro atoms. The monoisotopic (exact) mass is 242 g/mol. The second-order valence-electron chi connectivity index (χ2n) is 3.01. The van der Waals surface area contributed by atoms with E-state index in [2.05, 4.69) is 35.0 Å². The molecule has 0 aliphatic heterocycles. The molecule has 1 aromatic carbocycles. The summed E-state index contributed by atoms with van der Waals surface area (Å²) in [7, 11) is 0. The van der Waals surface area contributed by atoms with Crippen LogP contribution in [0.1, 0.15) is 18.9 Å². The van der Waals surface area contributed by atoms with Crippen LogP contribution in [-0.4, -0.2) is 11.4 Å². The summed E-state index contributed by atoms with van der Waals surface area (Å²) in [4.78, 5) is 0.483. The fourth-order valence-electron chi connectivity index (χ4n) is 0.997. The Labute approximate surface area is 88.2 Å². The Morgan fingerprint density at radius 1 is 1.31 bits per heavy atom. The minimum absolute atomic E-state index is 0.483. The first-order valence-corrected chi connectivity index (χ1v) is 5.50. The van der Waals surface area contributed by atoms with Crippen LogP contribution >= 0.6 is 15.9 Å². The van der Waals surface area contributed by atoms with E-state index in [-0.39, 0.29) is 0 Å². The molecule has 0 N–H and O–H groups in total. The normalized spacial score (nSPS) is 12.8. The van der Waals surface area contributed by atoms with Gasteiger partial charge in [0.1, 0.15) is 0 Å². The highest BCUT2D eigenvalue weighted by Gasteiger charge is 1.99. The fourth-order valence-corrected chi connectivity index (χ4v) is 1.18. The molecule has 0 aromatic heterocycles. The lowest BCUT2D eigenvalue weighted by Crippen LogP contribution is -2.06. The van der Waals surface area contributed by atoms with Crippen molar-refractivity contribution >= 4 is 15.9 Å². The Morgan fingerprint density at radius 3 is 2.62 bits per heavy atom. The third-order valence-corrected chi connectivity index (χ3v) is 2.77. The lowest BCUT2D eigenvalue weighted by Gasteiger charge is -2.07. The van der Waals surface area contributed by atoms with Crippen molar-refractivity contribution in [1.29, 1.82) is 0 Å². The molecule has 72 valence electrons. The van der Waals surface area contributed by atoms with Crippen molar-refractivity contribution in [3.05, 3.63) is 35.9 Å². The largest absolute Gasteiger partial charge is 0.376 e. The molecule has 13 heavy (non-hydrogen) atoms. The molecule has 1 unspecified atom stereocenters. The molecule has 1 aromatic rings. The van der Waals surface area contributed by atoms with Crippen LogP contribution in [-0.2, 0) is 11.3 Å². The van der Waals surface area contributed by atoms with Gasteiger partial charge in [-0.1, -0.05) is 53.2 Å². The molecule has 0 fully saturated rings. The molecule has 1 atom stereocenters. The molecule has 2 heteroatoms. The SMILES string of the molecule is CCC(Br)COCc1ccccc1. The molecule has 0 amide bonds. The van der Waals surface area contributed by atoms with Crippen LogP contribution < -0.4 is 0 Å². The summed E-state index contributed by atoms with van der Waals surface area (Å²) >= 11 is 3.53. The van der Waals surface area contributed by atoms with Gasteiger partial charge in [-0.15, -0.1) is 0 Å². The van der Waals surface area contributed by atoms with Crippen LogP contribution in [0.15, 0.2) is 30.3 Å². The van der Waals surface area contributed by atoms with Gasteiger partial charge in [-0.3, -0.25) is 0 Å². The van der Waals surface area contributed by atoms with Gasteiger partial charge in [-0.25, -0.2) is 0 Å². The van der Waals surface area contributed by atoms with Crippen LogP contribution in [0.3, 0.4) is 0 Å². The summed E-state index contributed by atoms with van der Waals surface area (Å²) in [5.74, 6) is 0. The van der Waals surface area contributed by atoms with Gasteiger partial charge in [0.2, 0.25) is 0 Å². The van der Waals surface area contributed by atoms with Gasteiger partial charge < -0.3 is 4.74 Å². The Balaban J connectivity index is 2.20. The number of benzene rings is 1. The van der Waals surface area contributed by atoms with Gasteiger partial charge in [-0.05, 0) is 12.0 Å². The molecule has 0 aliphatic carbocycles. The number of alkyl halides is 1. The van der Waals surface area contributed by atoms with Gasteiger partial charge in [0.05, 0.1) is 13.2 Å². The molecule has 1 rings (SSSR count). The van der Waals surface area contributed by atoms with Crippen LogP contribution in [0.5, 0.6) is 0 Å². The summed E-state index contributed by atoms with van der Waals surface area (Å²) in [6.07, 6.45) is 1.11. The second kappa shape index (κ2) is 6.17. The predicted octanol–water partition coefficient (Wildman–Crippen LogP) is 3.38. The van der Waals surface area contributed by atoms with Crippen molar-refractivity contribution in [2.45, 2.75) is 24.8 Å². The first-order valence-electron chi connectivity index (χ1n) is 4.58. The number of ether oxygens (including phenoxy) is 1. The summed E-state index contributed by atoms with van der Waals surface area (Å²) in [5, 5.41) is 0. The van der Waals surface area contributed by atoms with E-state index < -0.39 is 0 Å². The number of rotatable bonds is 5. The Bertz CT molecular complexity index is 223. The molecule has 0 heterocycles. The lowest BCUT2D eigenvalue weighted by molar-refractivity contribution is 0.122. The number of halogens is 1. The maximum atomic E-state index is 5.53. The smallest absolute Gasteiger partial charge is 0.0717 e. The Hall–Kier alpha value is -0.340. The van der Waals surface area contributed by atoms with Gasteiger partial charge >= 0.3 is 0 Å². The van der Waals surface area contributed by atoms with Gasteiger partial charge in [0, 0.05) is 4.83 Å². The van der Waals surface area contributed by atoms with Crippen molar-refractivity contribution in [3.63, 3.8) is 0 Å². The highest BCUT2D eigenvalue weighted by Crippen LogP contribution is 2.07. The maximum Gasteiger partial charge on any atom is 0.0717 e. The maximum absolute atomic E-state index is 5.53. The highest BCUT2D eigenvalue weighted by molar-refractivity contribution is 9.09. The fraction of sp³-hybridized carbons (Fsp3) is 0.455. The number of hydrogen-bond donors (Lipinski definition) is 0. The zero-order chi connectivity index (χ0) is 9.52. The van der Waals surface area contributed by atoms with Gasteiger partial charge in [0.15, 0.2) is 0 Å². The highest BCUT2D eigenvalue weighted by atomic mass is 79.9. The van der Waals surface area contributed by atoms with E-state index in [1.165, 1.54) is 5.56 Å². The Morgan fingerprint density at radius 2 is 2.00 bits per heavy atom. The van der Waals surface area contributed by atoms with E-state index in [4.69, 9.17) is 4.74 Å². The third kappa shape index (κ3) is 4.44. The summed E-state index contributed by atoms with van der Waals surface area (Å²) < 4.78 is 5.53. The first kappa shape index (κ1) is 10.7. The molecular formula is C11H15BrO. The minimum atomic E-state index is 0.483. The molecule has 0 saturated heterocycles. The molecule has 0 radical (unpaired) electrons. The molecule has 0 bridgehead atoms. The molecule has 0 saturated carbocycles. The summed E-state index contributed by atoms with van der Waals surface area (Å²) in [5.41, 5.74) is 1.23. The van der Waals surface area contributed by atoms with Gasteiger partial charge in [0.25, 0.3) is 0 Å². The predicted molar refractivity (Wildman–Crippen MR) is 59.1 cm³/mol. The zero-order valence-electron chi connectivity index (χ0n) is 7.87. The third-order valence-electron chi connectivity index (χ3n) is 1.85. The number of hydrogen-bond acceptors (Lipinski definition) is 1. The molecule has 1 nitrogen and oxygen atoms in total. The summed E-state index contributed by atoms with van der Waals surface area (Å²) in [6, 6.07) is 10.2. The van der Waals surface area contributed by atoms with E-state index in [0.29, 0.717) is 11.4 Å². The van der Waals surface area contributed by atoms with E-state index in [1.54, 1.807) is 0 Å². The quantitative estimate of drug-likeness (QED) is 0.720.